The van der Waals surface area contributed by atoms with E-state index in [4.69, 9.17) is 4.52 Å². The lowest BCUT2D eigenvalue weighted by molar-refractivity contribution is -0.116. The minimum absolute atomic E-state index is 0.0226. The van der Waals surface area contributed by atoms with Crippen LogP contribution in [0, 0.1) is 0 Å². The molecule has 1 aromatic heterocycles. The molecular weight excluding hydrogens is 464 g/mol. The first-order valence-electron chi connectivity index (χ1n) is 13.4. The molecule has 7 heteroatoms. The minimum atomic E-state index is -0.127. The average molecular weight is 501 g/mol. The Morgan fingerprint density at radius 2 is 1.76 bits per heavy atom. The SMILES string of the molecule is CCCc1cc(C(=O)N2Cc3ccccc3N(C(C)=O)CC[C@@H]3CC[C@H](C2)N3Cc2ccccc2)no1. The van der Waals surface area contributed by atoms with Crippen molar-refractivity contribution in [1.82, 2.24) is 15.0 Å². The lowest BCUT2D eigenvalue weighted by atomic mass is 10.1. The highest BCUT2D eigenvalue weighted by atomic mass is 16.5. The Balaban J connectivity index is 1.52. The minimum Gasteiger partial charge on any atom is -0.361 e. The molecule has 0 unspecified atom stereocenters. The zero-order valence-electron chi connectivity index (χ0n) is 21.8. The molecule has 194 valence electrons. The molecule has 37 heavy (non-hydrogen) atoms. The molecule has 2 aliphatic rings. The number of amides is 2. The maximum atomic E-state index is 13.8. The molecule has 5 rings (SSSR count). The number of hydrogen-bond donors (Lipinski definition) is 0. The monoisotopic (exact) mass is 500 g/mol. The zero-order valence-corrected chi connectivity index (χ0v) is 21.8. The van der Waals surface area contributed by atoms with E-state index in [9.17, 15) is 9.59 Å². The molecule has 0 spiro atoms. The fourth-order valence-electron chi connectivity index (χ4n) is 5.83. The number of carbonyl (C=O) groups is 2. The quantitative estimate of drug-likeness (QED) is 0.490. The molecule has 2 aromatic carbocycles. The second-order valence-corrected chi connectivity index (χ2v) is 10.2. The van der Waals surface area contributed by atoms with Gasteiger partial charge in [0.1, 0.15) is 5.76 Å². The van der Waals surface area contributed by atoms with Gasteiger partial charge in [0, 0.05) is 63.4 Å². The van der Waals surface area contributed by atoms with E-state index < -0.39 is 0 Å². The molecule has 0 N–H and O–H groups in total. The predicted molar refractivity (Wildman–Crippen MR) is 143 cm³/mol. The molecule has 7 nitrogen and oxygen atoms in total. The number of hydrogen-bond acceptors (Lipinski definition) is 5. The van der Waals surface area contributed by atoms with Crippen LogP contribution in [0.2, 0.25) is 0 Å². The van der Waals surface area contributed by atoms with Crippen LogP contribution in [0.3, 0.4) is 0 Å². The largest absolute Gasteiger partial charge is 0.361 e. The zero-order chi connectivity index (χ0) is 25.8. The summed E-state index contributed by atoms with van der Waals surface area (Å²) in [6, 6.07) is 20.8. The van der Waals surface area contributed by atoms with Gasteiger partial charge in [-0.25, -0.2) is 0 Å². The second kappa shape index (κ2) is 11.3. The topological polar surface area (TPSA) is 69.9 Å². The normalized spacial score (nSPS) is 20.4. The Hall–Kier alpha value is -3.45. The molecule has 2 aliphatic heterocycles. The summed E-state index contributed by atoms with van der Waals surface area (Å²) >= 11 is 0. The number of carbonyl (C=O) groups excluding carboxylic acids is 2. The van der Waals surface area contributed by atoms with Crippen LogP contribution in [-0.2, 0) is 24.3 Å². The molecule has 2 bridgehead atoms. The van der Waals surface area contributed by atoms with Gasteiger partial charge in [-0.1, -0.05) is 60.6 Å². The van der Waals surface area contributed by atoms with Crippen LogP contribution < -0.4 is 4.90 Å². The summed E-state index contributed by atoms with van der Waals surface area (Å²) in [5, 5.41) is 4.13. The van der Waals surface area contributed by atoms with Crippen molar-refractivity contribution in [3.05, 3.63) is 83.2 Å². The molecule has 3 aromatic rings. The first-order valence-corrected chi connectivity index (χ1v) is 13.4. The maximum Gasteiger partial charge on any atom is 0.276 e. The fourth-order valence-corrected chi connectivity index (χ4v) is 5.83. The van der Waals surface area contributed by atoms with Gasteiger partial charge in [0.15, 0.2) is 5.69 Å². The van der Waals surface area contributed by atoms with E-state index >= 15 is 0 Å². The van der Waals surface area contributed by atoms with E-state index in [-0.39, 0.29) is 17.9 Å². The van der Waals surface area contributed by atoms with Crippen LogP contribution in [-0.4, -0.2) is 51.9 Å². The molecule has 3 heterocycles. The maximum absolute atomic E-state index is 13.8. The van der Waals surface area contributed by atoms with Crippen molar-refractivity contribution in [2.75, 3.05) is 18.0 Å². The molecule has 0 aliphatic carbocycles. The third-order valence-electron chi connectivity index (χ3n) is 7.68. The number of aromatic nitrogens is 1. The third kappa shape index (κ3) is 5.62. The van der Waals surface area contributed by atoms with Gasteiger partial charge in [-0.3, -0.25) is 14.5 Å². The van der Waals surface area contributed by atoms with E-state index in [0.29, 0.717) is 31.4 Å². The molecule has 1 fully saturated rings. The second-order valence-electron chi connectivity index (χ2n) is 10.2. The fraction of sp³-hybridized carbons (Fsp3) is 0.433. The van der Waals surface area contributed by atoms with Gasteiger partial charge < -0.3 is 14.3 Å². The summed E-state index contributed by atoms with van der Waals surface area (Å²) in [5.74, 6) is 0.630. The summed E-state index contributed by atoms with van der Waals surface area (Å²) in [4.78, 5) is 33.0. The number of aryl methyl sites for hydroxylation is 1. The number of para-hydroxylation sites is 1. The van der Waals surface area contributed by atoms with Crippen LogP contribution in [0.15, 0.2) is 65.2 Å². The van der Waals surface area contributed by atoms with Crippen LogP contribution in [0.1, 0.15) is 66.9 Å². The van der Waals surface area contributed by atoms with Crippen molar-refractivity contribution in [1.29, 1.82) is 0 Å². The Labute approximate surface area is 219 Å². The number of nitrogens with zero attached hydrogens (tertiary/aromatic N) is 4. The van der Waals surface area contributed by atoms with Crippen molar-refractivity contribution < 1.29 is 14.1 Å². The van der Waals surface area contributed by atoms with Gasteiger partial charge in [0.05, 0.1) is 0 Å². The smallest absolute Gasteiger partial charge is 0.276 e. The van der Waals surface area contributed by atoms with Crippen molar-refractivity contribution in [3.8, 4) is 0 Å². The van der Waals surface area contributed by atoms with Crippen molar-refractivity contribution in [3.63, 3.8) is 0 Å². The van der Waals surface area contributed by atoms with Gasteiger partial charge in [-0.2, -0.15) is 0 Å². The van der Waals surface area contributed by atoms with Crippen LogP contribution in [0.25, 0.3) is 0 Å². The summed E-state index contributed by atoms with van der Waals surface area (Å²) in [7, 11) is 0. The summed E-state index contributed by atoms with van der Waals surface area (Å²) in [6.45, 7) is 6.21. The van der Waals surface area contributed by atoms with Gasteiger partial charge in [0.25, 0.3) is 5.91 Å². The van der Waals surface area contributed by atoms with E-state index in [1.54, 1.807) is 13.0 Å². The van der Waals surface area contributed by atoms with Crippen molar-refractivity contribution in [2.24, 2.45) is 0 Å². The Morgan fingerprint density at radius 3 is 2.54 bits per heavy atom. The van der Waals surface area contributed by atoms with Crippen molar-refractivity contribution in [2.45, 2.75) is 71.1 Å². The Kier molecular flexibility index (Phi) is 7.70. The van der Waals surface area contributed by atoms with Gasteiger partial charge >= 0.3 is 0 Å². The molecular formula is C30H36N4O3. The number of benzene rings is 2. The van der Waals surface area contributed by atoms with Crippen molar-refractivity contribution >= 4 is 17.5 Å². The molecule has 2 atom stereocenters. The molecule has 2 amide bonds. The Bertz CT molecular complexity index is 1220. The predicted octanol–water partition coefficient (Wildman–Crippen LogP) is 5.06. The molecule has 1 saturated heterocycles. The first kappa shape index (κ1) is 25.2. The highest BCUT2D eigenvalue weighted by Gasteiger charge is 2.37. The van der Waals surface area contributed by atoms with E-state index in [0.717, 1.165) is 55.7 Å². The van der Waals surface area contributed by atoms with Crippen LogP contribution in [0.4, 0.5) is 5.69 Å². The number of fused-ring (bicyclic) bond motifs is 3. The van der Waals surface area contributed by atoms with Gasteiger partial charge in [-0.15, -0.1) is 0 Å². The van der Waals surface area contributed by atoms with E-state index in [2.05, 4.69) is 41.2 Å². The van der Waals surface area contributed by atoms with Crippen LogP contribution >= 0.6 is 0 Å². The van der Waals surface area contributed by atoms with E-state index in [1.165, 1.54) is 5.56 Å². The Morgan fingerprint density at radius 1 is 1.00 bits per heavy atom. The lowest BCUT2D eigenvalue weighted by Gasteiger charge is -2.33. The molecule has 0 saturated carbocycles. The number of rotatable bonds is 5. The highest BCUT2D eigenvalue weighted by molar-refractivity contribution is 5.94. The highest BCUT2D eigenvalue weighted by Crippen LogP contribution is 2.33. The summed E-state index contributed by atoms with van der Waals surface area (Å²) in [5.41, 5.74) is 3.46. The van der Waals surface area contributed by atoms with Gasteiger partial charge in [-0.05, 0) is 42.9 Å². The first-order chi connectivity index (χ1) is 18.0. The summed E-state index contributed by atoms with van der Waals surface area (Å²) in [6.07, 6.45) is 4.65. The van der Waals surface area contributed by atoms with Crippen LogP contribution in [0.5, 0.6) is 0 Å². The standard InChI is InChI=1S/C30H36N4O3/c1-3-9-27-18-28(31-37-27)30(36)32-20-24-12-7-8-13-29(24)33(22(2)35)17-16-25-14-15-26(21-32)34(25)19-23-10-5-4-6-11-23/h4-8,10-13,18,25-26H,3,9,14-17,19-21H2,1-2H3/t25-,26+/m0/s1. The van der Waals surface area contributed by atoms with E-state index in [1.807, 2.05) is 40.1 Å². The summed E-state index contributed by atoms with van der Waals surface area (Å²) < 4.78 is 5.46. The van der Waals surface area contributed by atoms with Gasteiger partial charge in [0.2, 0.25) is 5.91 Å². The number of anilines is 1. The average Bonchev–Trinajstić information content (AvgIpc) is 3.51. The lowest BCUT2D eigenvalue weighted by Crippen LogP contribution is -2.45. The third-order valence-corrected chi connectivity index (χ3v) is 7.68. The molecule has 0 radical (unpaired) electrons.